The first-order valence-electron chi connectivity index (χ1n) is 51.6. The zero-order valence-electron chi connectivity index (χ0n) is 86.1. The average molecular weight is 1860 g/mol. The van der Waals surface area contributed by atoms with Crippen molar-refractivity contribution in [1.29, 1.82) is 0 Å². The Hall–Kier alpha value is -6.34. The van der Waals surface area contributed by atoms with Crippen LogP contribution in [-0.4, -0.2) is 80.4 Å². The lowest BCUT2D eigenvalue weighted by molar-refractivity contribution is -0.346. The van der Waals surface area contributed by atoms with Gasteiger partial charge in [0.1, 0.15) is 28.7 Å². The lowest BCUT2D eigenvalue weighted by atomic mass is 9.49. The number of halogens is 6. The second-order valence-electron chi connectivity index (χ2n) is 45.2. The molecule has 0 aromatic heterocycles. The van der Waals surface area contributed by atoms with Gasteiger partial charge in [0, 0.05) is 45.3 Å². The maximum Gasteiger partial charge on any atom is 0.423 e. The fourth-order valence-electron chi connectivity index (χ4n) is 20.2. The van der Waals surface area contributed by atoms with Crippen molar-refractivity contribution >= 4 is 0 Å². The summed E-state index contributed by atoms with van der Waals surface area (Å²) in [6, 6.07) is 51.1. The van der Waals surface area contributed by atoms with E-state index in [1.807, 2.05) is 39.0 Å². The molecule has 7 fully saturated rings. The fourth-order valence-corrected chi connectivity index (χ4v) is 20.2. The highest BCUT2D eigenvalue weighted by atomic mass is 19.4. The molecule has 6 aromatic rings. The third-order valence-electron chi connectivity index (χ3n) is 28.9. The molecule has 4 bridgehead atoms. The van der Waals surface area contributed by atoms with Crippen LogP contribution in [0, 0.1) is 62.6 Å². The minimum absolute atomic E-state index is 0.00419. The predicted octanol–water partition coefficient (Wildman–Crippen LogP) is 34.0. The first-order chi connectivity index (χ1) is 62.7. The summed E-state index contributed by atoms with van der Waals surface area (Å²) >= 11 is 0. The van der Waals surface area contributed by atoms with E-state index in [1.165, 1.54) is 73.6 Å². The minimum Gasteiger partial charge on any atom is -0.465 e. The molecule has 0 amide bonds. The first-order valence-corrected chi connectivity index (χ1v) is 51.6. The second kappa shape index (κ2) is 53.2. The van der Waals surface area contributed by atoms with Gasteiger partial charge in [0.25, 0.3) is 6.10 Å². The highest BCUT2D eigenvalue weighted by Gasteiger charge is 2.59. The van der Waals surface area contributed by atoms with Crippen molar-refractivity contribution in [2.45, 2.75) is 437 Å². The Kier molecular flexibility index (Phi) is 44.7. The highest BCUT2D eigenvalue weighted by Crippen LogP contribution is 2.62. The smallest absolute Gasteiger partial charge is 0.423 e. The number of rotatable bonds is 39. The number of benzene rings is 6. The van der Waals surface area contributed by atoms with Crippen LogP contribution in [0.2, 0.25) is 0 Å². The monoisotopic (exact) mass is 1860 g/mol. The van der Waals surface area contributed by atoms with Gasteiger partial charge in [0.15, 0.2) is 6.29 Å². The molecule has 11 nitrogen and oxygen atoms in total. The Balaban J connectivity index is 0.000000206. The lowest BCUT2D eigenvalue weighted by Crippen LogP contribution is -2.48. The van der Waals surface area contributed by atoms with Crippen molar-refractivity contribution in [3.05, 3.63) is 185 Å². The molecule has 0 spiro atoms. The molecule has 133 heavy (non-hydrogen) atoms. The summed E-state index contributed by atoms with van der Waals surface area (Å²) in [5.74, 6) is 10.6. The zero-order chi connectivity index (χ0) is 97.5. The molecule has 10 atom stereocenters. The highest BCUT2D eigenvalue weighted by molar-refractivity contribution is 5.33. The van der Waals surface area contributed by atoms with Crippen LogP contribution in [-0.2, 0) is 30.3 Å². The van der Waals surface area contributed by atoms with E-state index >= 15 is 0 Å². The molecule has 0 saturated heterocycles. The number of aliphatic hydroxyl groups excluding tert-OH is 1. The largest absolute Gasteiger partial charge is 0.465 e. The van der Waals surface area contributed by atoms with Gasteiger partial charge >= 0.3 is 12.4 Å². The molecule has 748 valence electrons. The number of alkyl halides is 6. The van der Waals surface area contributed by atoms with Crippen LogP contribution >= 0.6 is 0 Å². The van der Waals surface area contributed by atoms with Gasteiger partial charge in [-0.2, -0.15) is 26.3 Å². The standard InChI is InChI=1S/C29H44O3.C26H44O2.C23H32O2.C20H26F6O2.C18H30O2/c1-3-20(2)25-6-10-27(11-7-25)32-28(31-26-8-4-21(19-30)5-9-26)18-29-15-22-12-23(16-29)14-24(13-22)17-29;1-9-19(2)20-10-14-22(15-11-20)27-24(18-25(3,4)5)28-23-16-12-21(13-17-23)26(6,7)8;1-6-18(2)20-12-14-21(15-13-20)25-22(16-23(3,4)5)24-17-19-10-8-7-9-11-19;1-3-13(2)15-8-10-16(11-9-15)27-17(12-14-6-4-5-7-14)28-18(19(21,22)23)20(24,25)26;1-7-14(3)15-9-11-16(12-10-15)20-17(19-8-2)13-18(4,5)6/h6-7,10-11,20-24,26,28,30H,3-5,8-9,12-19H2,1-2H3;10-11,14-15,19,21,23-24H,9,12-13,16-18H2,1-8H3;7-15,18,22H,6,16-17H2,1-5H3;8-11,13-14,17-18H,3-7,12H2,1-2H3;9-12,14,17H,7-8,13H2,1-6H3. The molecule has 10 unspecified atom stereocenters. The van der Waals surface area contributed by atoms with Gasteiger partial charge in [-0.3, -0.25) is 0 Å². The third-order valence-corrected chi connectivity index (χ3v) is 28.9. The average Bonchev–Trinajstić information content (AvgIpc) is 1.11. The van der Waals surface area contributed by atoms with E-state index in [0.29, 0.717) is 72.3 Å². The van der Waals surface area contributed by atoms with E-state index in [-0.39, 0.29) is 65.6 Å². The minimum atomic E-state index is -5.56. The molecule has 6 aromatic carbocycles. The summed E-state index contributed by atoms with van der Waals surface area (Å²) < 4.78 is 137. The number of aliphatic hydroxyl groups is 1. The van der Waals surface area contributed by atoms with Crippen molar-refractivity contribution in [3.63, 3.8) is 0 Å². The molecule has 7 saturated carbocycles. The molecule has 7 aliphatic carbocycles. The van der Waals surface area contributed by atoms with Crippen LogP contribution < -0.4 is 23.7 Å². The molecule has 0 heterocycles. The molecule has 7 aliphatic rings. The molecule has 17 heteroatoms. The summed E-state index contributed by atoms with van der Waals surface area (Å²) in [4.78, 5) is 0. The van der Waals surface area contributed by atoms with Gasteiger partial charge in [-0.05, 0) is 315 Å². The van der Waals surface area contributed by atoms with Crippen molar-refractivity contribution in [1.82, 2.24) is 0 Å². The van der Waals surface area contributed by atoms with E-state index < -0.39 is 24.7 Å². The van der Waals surface area contributed by atoms with Crippen LogP contribution in [0.25, 0.3) is 0 Å². The summed E-state index contributed by atoms with van der Waals surface area (Å²) in [5.41, 5.74) is 9.02. The number of hydrogen-bond donors (Lipinski definition) is 1. The quantitative estimate of drug-likeness (QED) is 0.0294. The summed E-state index contributed by atoms with van der Waals surface area (Å²) in [5, 5.41) is 9.51. The topological polar surface area (TPSA) is 113 Å². The van der Waals surface area contributed by atoms with Crippen LogP contribution in [0.4, 0.5) is 26.3 Å². The van der Waals surface area contributed by atoms with Crippen LogP contribution in [0.5, 0.6) is 28.7 Å². The van der Waals surface area contributed by atoms with Crippen LogP contribution in [0.3, 0.4) is 0 Å². The van der Waals surface area contributed by atoms with Gasteiger partial charge in [-0.1, -0.05) is 269 Å². The molecular weight excluding hydrogens is 1680 g/mol. The molecule has 0 radical (unpaired) electrons. The van der Waals surface area contributed by atoms with Crippen molar-refractivity contribution < 1.29 is 78.8 Å². The summed E-state index contributed by atoms with van der Waals surface area (Å²) in [7, 11) is 0. The van der Waals surface area contributed by atoms with Crippen molar-refractivity contribution in [2.75, 3.05) is 13.2 Å². The van der Waals surface area contributed by atoms with E-state index in [2.05, 4.69) is 252 Å². The summed E-state index contributed by atoms with van der Waals surface area (Å²) in [6.07, 6.45) is 13.5. The van der Waals surface area contributed by atoms with Crippen molar-refractivity contribution in [2.24, 2.45) is 62.6 Å². The molecular formula is C116H176F6O11. The Morgan fingerprint density at radius 1 is 0.361 bits per heavy atom. The first kappa shape index (κ1) is 112. The van der Waals surface area contributed by atoms with Gasteiger partial charge < -0.3 is 52.5 Å². The van der Waals surface area contributed by atoms with Crippen molar-refractivity contribution in [3.8, 4) is 28.7 Å². The second-order valence-corrected chi connectivity index (χ2v) is 45.2. The summed E-state index contributed by atoms with van der Waals surface area (Å²) in [6.45, 7) is 52.7. The van der Waals surface area contributed by atoms with Crippen LogP contribution in [0.1, 0.15) is 402 Å². The number of ether oxygens (including phenoxy) is 10. The Labute approximate surface area is 801 Å². The molecule has 1 N–H and O–H groups in total. The van der Waals surface area contributed by atoms with E-state index in [9.17, 15) is 31.4 Å². The molecule has 13 rings (SSSR count). The van der Waals surface area contributed by atoms with Gasteiger partial charge in [0.2, 0.25) is 25.2 Å². The Bertz CT molecular complexity index is 4080. The lowest BCUT2D eigenvalue weighted by Gasteiger charge is -2.57. The zero-order valence-corrected chi connectivity index (χ0v) is 86.1. The van der Waals surface area contributed by atoms with Gasteiger partial charge in [-0.25, -0.2) is 0 Å². The Morgan fingerprint density at radius 3 is 1.00 bits per heavy atom. The van der Waals surface area contributed by atoms with Gasteiger partial charge in [-0.15, -0.1) is 0 Å². The Morgan fingerprint density at radius 2 is 0.677 bits per heavy atom. The van der Waals surface area contributed by atoms with E-state index in [0.717, 1.165) is 180 Å². The van der Waals surface area contributed by atoms with E-state index in [4.69, 9.17) is 42.6 Å². The SMILES string of the molecule is CCC(C)c1ccc(OC(CC(C)(C)C)OC2CCC(C(C)(C)C)CC2)cc1.CCC(C)c1ccc(OC(CC(C)(C)C)OCc2ccccc2)cc1.CCC(C)c1ccc(OC(CC23CC4CC(CC(C4)C2)C3)OC2CCC(CO)CC2)cc1.CCC(C)c1ccc(OC(CC2CCCC2)OC(C(F)(F)F)C(F)(F)F)cc1.CCOC(CC(C)(C)C)Oc1ccc(C(C)CC)cc1. The number of hydrogen-bond acceptors (Lipinski definition) is 11. The maximum absolute atomic E-state index is 12.9. The predicted molar refractivity (Wildman–Crippen MR) is 532 cm³/mol. The fraction of sp³-hybridized carbons (Fsp3) is 0.690. The maximum atomic E-state index is 12.9. The molecule has 0 aliphatic heterocycles. The van der Waals surface area contributed by atoms with E-state index in [1.54, 1.807) is 24.3 Å². The third kappa shape index (κ3) is 39.8. The van der Waals surface area contributed by atoms with Crippen LogP contribution in [0.15, 0.2) is 152 Å². The normalized spacial score (nSPS) is 22.8. The van der Waals surface area contributed by atoms with Gasteiger partial charge in [0.05, 0.1) is 18.8 Å².